The van der Waals surface area contributed by atoms with Gasteiger partial charge in [0.15, 0.2) is 0 Å². The van der Waals surface area contributed by atoms with Crippen molar-refractivity contribution in [2.75, 3.05) is 0 Å². The Hall–Kier alpha value is -4.00. The lowest BCUT2D eigenvalue weighted by molar-refractivity contribution is -0.124. The monoisotopic (exact) mass is 677 g/mol. The lowest BCUT2D eigenvalue weighted by Gasteiger charge is -2.27. The van der Waals surface area contributed by atoms with Gasteiger partial charge in [-0.1, -0.05) is 101 Å². The summed E-state index contributed by atoms with van der Waals surface area (Å²) in [6.45, 7) is 26.7. The highest BCUT2D eigenvalue weighted by Gasteiger charge is 2.48. The van der Waals surface area contributed by atoms with E-state index >= 15 is 0 Å². The zero-order valence-electron chi connectivity index (χ0n) is 32.3. The first kappa shape index (κ1) is 38.8. The topological polar surface area (TPSA) is 17.1 Å². The van der Waals surface area contributed by atoms with Crippen molar-refractivity contribution in [3.63, 3.8) is 0 Å². The van der Waals surface area contributed by atoms with Crippen LogP contribution in [-0.2, 0) is 11.2 Å². The summed E-state index contributed by atoms with van der Waals surface area (Å²) < 4.78 is 14.9. The molecule has 0 aromatic heterocycles. The Morgan fingerprint density at radius 2 is 1.64 bits per heavy atom. The maximum Gasteiger partial charge on any atom is 0.135 e. The quantitative estimate of drug-likeness (QED) is 0.188. The van der Waals surface area contributed by atoms with Crippen LogP contribution in [-0.4, -0.2) is 5.78 Å². The lowest BCUT2D eigenvalue weighted by Crippen LogP contribution is -2.20. The maximum atomic E-state index is 14.9. The highest BCUT2D eigenvalue weighted by atomic mass is 19.1. The molecule has 0 amide bonds. The van der Waals surface area contributed by atoms with Gasteiger partial charge in [-0.15, -0.1) is 5.73 Å². The van der Waals surface area contributed by atoms with E-state index in [1.165, 1.54) is 52.7 Å². The average Bonchev–Trinajstić information content (AvgIpc) is 3.87. The smallest absolute Gasteiger partial charge is 0.135 e. The molecule has 3 aliphatic carbocycles. The zero-order valence-corrected chi connectivity index (χ0v) is 32.3. The van der Waals surface area contributed by atoms with Gasteiger partial charge in [-0.05, 0) is 152 Å². The van der Waals surface area contributed by atoms with Gasteiger partial charge >= 0.3 is 0 Å². The second-order valence-electron chi connectivity index (χ2n) is 14.8. The van der Waals surface area contributed by atoms with Gasteiger partial charge in [0.25, 0.3) is 0 Å². The Morgan fingerprint density at radius 3 is 2.22 bits per heavy atom. The number of hydrogen-bond donors (Lipinski definition) is 0. The molecule has 2 unspecified atom stereocenters. The van der Waals surface area contributed by atoms with Crippen LogP contribution in [0.1, 0.15) is 119 Å². The van der Waals surface area contributed by atoms with Crippen molar-refractivity contribution in [1.82, 2.24) is 0 Å². The molecule has 2 heteroatoms. The van der Waals surface area contributed by atoms with E-state index < -0.39 is 0 Å². The Morgan fingerprint density at radius 1 is 1.00 bits per heavy atom. The Balaban J connectivity index is 0.000000873. The predicted molar refractivity (Wildman–Crippen MR) is 220 cm³/mol. The van der Waals surface area contributed by atoms with Gasteiger partial charge in [0.1, 0.15) is 11.6 Å². The summed E-state index contributed by atoms with van der Waals surface area (Å²) in [5.74, 6) is 1.39. The van der Waals surface area contributed by atoms with E-state index in [9.17, 15) is 9.18 Å². The molecule has 3 aromatic rings. The van der Waals surface area contributed by atoms with Crippen molar-refractivity contribution >= 4 is 11.4 Å². The van der Waals surface area contributed by atoms with Crippen molar-refractivity contribution in [3.05, 3.63) is 130 Å². The second-order valence-corrected chi connectivity index (χ2v) is 14.8. The van der Waals surface area contributed by atoms with Crippen molar-refractivity contribution in [3.8, 4) is 22.3 Å². The molecule has 6 rings (SSSR count). The number of ketones is 1. The number of carbonyl (C=O) groups is 1. The highest BCUT2D eigenvalue weighted by Crippen LogP contribution is 2.60. The second kappa shape index (κ2) is 16.8. The van der Waals surface area contributed by atoms with E-state index in [1.807, 2.05) is 34.6 Å². The predicted octanol–water partition coefficient (Wildman–Crippen LogP) is 14.6. The molecule has 2 saturated carbocycles. The van der Waals surface area contributed by atoms with Crippen LogP contribution in [0.25, 0.3) is 27.8 Å². The number of carbonyl (C=O) groups excluding carboxylic acids is 1. The first-order valence-corrected chi connectivity index (χ1v) is 18.8. The van der Waals surface area contributed by atoms with E-state index in [-0.39, 0.29) is 10.1 Å². The zero-order chi connectivity index (χ0) is 36.7. The van der Waals surface area contributed by atoms with Gasteiger partial charge in [0, 0.05) is 28.6 Å². The van der Waals surface area contributed by atoms with Crippen LogP contribution in [0.15, 0.2) is 96.3 Å². The molecule has 3 aromatic carbocycles. The summed E-state index contributed by atoms with van der Waals surface area (Å²) in [4.78, 5) is 10.9. The molecule has 2 fully saturated rings. The summed E-state index contributed by atoms with van der Waals surface area (Å²) in [6, 6.07) is 16.7. The maximum absolute atomic E-state index is 14.9. The number of halogens is 1. The van der Waals surface area contributed by atoms with Crippen LogP contribution in [0.5, 0.6) is 0 Å². The molecule has 270 valence electrons. The first-order chi connectivity index (χ1) is 23.9. The number of rotatable bonds is 6. The van der Waals surface area contributed by atoms with Crippen LogP contribution in [0, 0.1) is 43.8 Å². The van der Waals surface area contributed by atoms with Crippen molar-refractivity contribution in [1.29, 1.82) is 0 Å². The van der Waals surface area contributed by atoms with Crippen LogP contribution >= 0.6 is 0 Å². The van der Waals surface area contributed by atoms with Gasteiger partial charge in [-0.3, -0.25) is 4.79 Å². The van der Waals surface area contributed by atoms with Gasteiger partial charge in [-0.2, -0.15) is 0 Å². The third kappa shape index (κ3) is 8.47. The van der Waals surface area contributed by atoms with Gasteiger partial charge in [-0.25, -0.2) is 4.39 Å². The summed E-state index contributed by atoms with van der Waals surface area (Å²) in [7, 11) is 0. The minimum atomic E-state index is -0.191. The SMILES string of the molecule is C=C=C(Cc1cccc(-c2cccc(-c3cc(F)c(C)c(C(=C)C)c3)c2C)c1C)C1=CC/C(=C/C)CC12CC2.CC.CC1CCC(=O)C(C)C1.[HH].[HH].[HH]. The molecule has 0 heterocycles. The number of hydrogen-bond acceptors (Lipinski definition) is 1. The largest absolute Gasteiger partial charge is 0.299 e. The summed E-state index contributed by atoms with van der Waals surface area (Å²) in [6.07, 6.45) is 13.4. The first-order valence-electron chi connectivity index (χ1n) is 18.8. The number of Topliss-reactive ketones (excluding diaryl/α,β-unsaturated/α-hetero) is 1. The molecule has 0 saturated heterocycles. The Bertz CT molecular complexity index is 1870. The fourth-order valence-electron chi connectivity index (χ4n) is 7.93. The molecular formula is C48H65FO. The highest BCUT2D eigenvalue weighted by molar-refractivity contribution is 5.82. The van der Waals surface area contributed by atoms with E-state index in [0.717, 1.165) is 65.8 Å². The number of allylic oxidation sites excluding steroid dienone is 6. The number of benzene rings is 3. The lowest BCUT2D eigenvalue weighted by atomic mass is 9.76. The van der Waals surface area contributed by atoms with E-state index in [0.29, 0.717) is 22.7 Å². The van der Waals surface area contributed by atoms with Crippen LogP contribution in [0.2, 0.25) is 0 Å². The fraction of sp³-hybridized carbons (Fsp3) is 0.417. The van der Waals surface area contributed by atoms with Crippen molar-refractivity contribution < 1.29 is 13.5 Å². The molecule has 50 heavy (non-hydrogen) atoms. The van der Waals surface area contributed by atoms with Crippen LogP contribution in [0.4, 0.5) is 4.39 Å². The molecular weight excluding hydrogens is 612 g/mol. The van der Waals surface area contributed by atoms with Crippen molar-refractivity contribution in [2.24, 2.45) is 17.3 Å². The summed E-state index contributed by atoms with van der Waals surface area (Å²) >= 11 is 0. The van der Waals surface area contributed by atoms with E-state index in [1.54, 1.807) is 11.6 Å². The summed E-state index contributed by atoms with van der Waals surface area (Å²) in [5, 5.41) is 0. The van der Waals surface area contributed by atoms with Gasteiger partial charge in [0.05, 0.1) is 0 Å². The molecule has 0 bridgehead atoms. The molecule has 0 radical (unpaired) electrons. The van der Waals surface area contributed by atoms with Crippen LogP contribution in [0.3, 0.4) is 0 Å². The van der Waals surface area contributed by atoms with E-state index in [4.69, 9.17) is 0 Å². The minimum Gasteiger partial charge on any atom is -0.299 e. The molecule has 0 aliphatic heterocycles. The third-order valence-electron chi connectivity index (χ3n) is 11.2. The molecule has 3 aliphatic rings. The molecule has 1 nitrogen and oxygen atoms in total. The third-order valence-corrected chi connectivity index (χ3v) is 11.2. The normalized spacial score (nSPS) is 19.8. The standard InChI is InChI=1S/C38H39F.C8H14O.C2H6.3H2/c1-8-28-16-17-36(38(23-28)18-19-38)29(9-2)20-30-12-10-14-33(25(30)5)34-15-11-13-32(26(34)6)31-21-35(24(3)4)27(7)37(39)22-31;1-6-3-4-8(9)7(2)5-6;1-2;;;/h8,10-15,17,21-22H,2-3,16,18-20,23H2,1,4-7H3;6-7H,3-5H2,1-2H3;1-2H3;3*1H/b28-8-;;;;;. The molecule has 0 N–H and O–H groups in total. The fourth-order valence-corrected chi connectivity index (χ4v) is 7.93. The Labute approximate surface area is 307 Å². The average molecular weight is 677 g/mol. The van der Waals surface area contributed by atoms with Crippen LogP contribution < -0.4 is 0 Å². The van der Waals surface area contributed by atoms with Crippen molar-refractivity contribution in [2.45, 2.75) is 114 Å². The molecule has 2 atom stereocenters. The van der Waals surface area contributed by atoms with Gasteiger partial charge in [0.2, 0.25) is 0 Å². The molecule has 1 spiro atoms. The van der Waals surface area contributed by atoms with E-state index in [2.05, 4.69) is 101 Å². The Kier molecular flexibility index (Phi) is 13.0. The summed E-state index contributed by atoms with van der Waals surface area (Å²) in [5.41, 5.74) is 18.4. The van der Waals surface area contributed by atoms with Gasteiger partial charge < -0.3 is 0 Å². The minimum absolute atomic E-state index is 0.